The van der Waals surface area contributed by atoms with Crippen LogP contribution in [0.5, 0.6) is 0 Å². The van der Waals surface area contributed by atoms with Crippen molar-refractivity contribution in [1.29, 1.82) is 0 Å². The van der Waals surface area contributed by atoms with Crippen molar-refractivity contribution in [2.75, 3.05) is 5.32 Å². The molecule has 0 spiro atoms. The Bertz CT molecular complexity index is 626. The second-order valence-electron chi connectivity index (χ2n) is 5.66. The molecule has 1 aliphatic rings. The van der Waals surface area contributed by atoms with Gasteiger partial charge in [0.25, 0.3) is 0 Å². The molecule has 1 saturated carbocycles. The summed E-state index contributed by atoms with van der Waals surface area (Å²) in [7, 11) is 0. The highest BCUT2D eigenvalue weighted by Gasteiger charge is 2.36. The molecular formula is C15H18N2OS. The number of para-hydroxylation sites is 1. The third kappa shape index (κ3) is 2.25. The van der Waals surface area contributed by atoms with Gasteiger partial charge in [-0.1, -0.05) is 43.2 Å². The molecule has 0 unspecified atom stereocenters. The van der Waals surface area contributed by atoms with Crippen LogP contribution in [0.4, 0.5) is 5.13 Å². The lowest BCUT2D eigenvalue weighted by Crippen LogP contribution is -2.30. The number of aromatic nitrogens is 1. The van der Waals surface area contributed by atoms with Crippen LogP contribution in [0.15, 0.2) is 18.2 Å². The minimum absolute atomic E-state index is 0.127. The van der Waals surface area contributed by atoms with Gasteiger partial charge in [0.15, 0.2) is 5.13 Å². The topological polar surface area (TPSA) is 42.0 Å². The molecule has 1 amide bonds. The molecule has 1 aromatic carbocycles. The van der Waals surface area contributed by atoms with Crippen molar-refractivity contribution in [3.05, 3.63) is 23.8 Å². The lowest BCUT2D eigenvalue weighted by molar-refractivity contribution is -0.124. The number of carbonyl (C=O) groups is 1. The fraction of sp³-hybridized carbons (Fsp3) is 0.467. The van der Waals surface area contributed by atoms with Crippen molar-refractivity contribution in [1.82, 2.24) is 4.98 Å². The minimum Gasteiger partial charge on any atom is -0.301 e. The molecule has 0 radical (unpaired) electrons. The van der Waals surface area contributed by atoms with Gasteiger partial charge in [-0.05, 0) is 31.4 Å². The van der Waals surface area contributed by atoms with Crippen LogP contribution in [0.2, 0.25) is 0 Å². The maximum atomic E-state index is 12.4. The first-order chi connectivity index (χ1) is 9.08. The van der Waals surface area contributed by atoms with Gasteiger partial charge < -0.3 is 5.32 Å². The molecule has 0 saturated heterocycles. The van der Waals surface area contributed by atoms with Gasteiger partial charge in [-0.3, -0.25) is 4.79 Å². The molecule has 0 aliphatic heterocycles. The summed E-state index contributed by atoms with van der Waals surface area (Å²) in [5.41, 5.74) is 1.95. The van der Waals surface area contributed by atoms with Crippen molar-refractivity contribution in [3.63, 3.8) is 0 Å². The van der Waals surface area contributed by atoms with E-state index >= 15 is 0 Å². The molecule has 4 heteroatoms. The SMILES string of the molecule is Cc1cccc2sc(NC(=O)C3(C)CCCC3)nc12. The van der Waals surface area contributed by atoms with Crippen molar-refractivity contribution >= 4 is 32.6 Å². The highest BCUT2D eigenvalue weighted by Crippen LogP contribution is 2.39. The summed E-state index contributed by atoms with van der Waals surface area (Å²) in [6.45, 7) is 4.11. The lowest BCUT2D eigenvalue weighted by atomic mass is 9.88. The zero-order valence-corrected chi connectivity index (χ0v) is 12.1. The van der Waals surface area contributed by atoms with Crippen molar-refractivity contribution in [2.24, 2.45) is 5.41 Å². The first kappa shape index (κ1) is 12.6. The van der Waals surface area contributed by atoms with Crippen LogP contribution in [-0.4, -0.2) is 10.9 Å². The number of hydrogen-bond acceptors (Lipinski definition) is 3. The molecule has 100 valence electrons. The molecule has 19 heavy (non-hydrogen) atoms. The smallest absolute Gasteiger partial charge is 0.232 e. The molecule has 1 N–H and O–H groups in total. The van der Waals surface area contributed by atoms with Crippen LogP contribution in [0, 0.1) is 12.3 Å². The number of aryl methyl sites for hydroxylation is 1. The molecule has 3 nitrogen and oxygen atoms in total. The molecular weight excluding hydrogens is 256 g/mol. The Labute approximate surface area is 117 Å². The number of benzene rings is 1. The average molecular weight is 274 g/mol. The Morgan fingerprint density at radius 2 is 2.11 bits per heavy atom. The van der Waals surface area contributed by atoms with E-state index in [0.29, 0.717) is 0 Å². The van der Waals surface area contributed by atoms with Gasteiger partial charge in [0.2, 0.25) is 5.91 Å². The van der Waals surface area contributed by atoms with Crippen LogP contribution >= 0.6 is 11.3 Å². The fourth-order valence-corrected chi connectivity index (χ4v) is 3.71. The Morgan fingerprint density at radius 3 is 2.79 bits per heavy atom. The Morgan fingerprint density at radius 1 is 1.37 bits per heavy atom. The van der Waals surface area contributed by atoms with Gasteiger partial charge in [0, 0.05) is 5.41 Å². The second kappa shape index (κ2) is 4.60. The largest absolute Gasteiger partial charge is 0.301 e. The summed E-state index contributed by atoms with van der Waals surface area (Å²) in [5.74, 6) is 0.127. The van der Waals surface area contributed by atoms with E-state index in [9.17, 15) is 4.79 Å². The third-order valence-electron chi connectivity index (χ3n) is 4.10. The van der Waals surface area contributed by atoms with Gasteiger partial charge in [0.05, 0.1) is 10.2 Å². The zero-order valence-electron chi connectivity index (χ0n) is 11.3. The molecule has 0 atom stereocenters. The van der Waals surface area contributed by atoms with E-state index in [1.807, 2.05) is 25.1 Å². The maximum absolute atomic E-state index is 12.4. The first-order valence-electron chi connectivity index (χ1n) is 6.76. The van der Waals surface area contributed by atoms with Crippen molar-refractivity contribution < 1.29 is 4.79 Å². The molecule has 2 aromatic rings. The molecule has 1 aromatic heterocycles. The number of amides is 1. The number of anilines is 1. The minimum atomic E-state index is -0.201. The van der Waals surface area contributed by atoms with Crippen LogP contribution in [0.25, 0.3) is 10.2 Å². The number of rotatable bonds is 2. The Hall–Kier alpha value is -1.42. The Kier molecular flexibility index (Phi) is 3.05. The normalized spacial score (nSPS) is 17.8. The molecule has 1 fully saturated rings. The first-order valence-corrected chi connectivity index (χ1v) is 7.58. The van der Waals surface area contributed by atoms with Gasteiger partial charge in [-0.2, -0.15) is 0 Å². The summed E-state index contributed by atoms with van der Waals surface area (Å²) in [6.07, 6.45) is 4.29. The van der Waals surface area contributed by atoms with E-state index in [1.54, 1.807) is 11.3 Å². The predicted molar refractivity (Wildman–Crippen MR) is 79.6 cm³/mol. The highest BCUT2D eigenvalue weighted by molar-refractivity contribution is 7.22. The van der Waals surface area contributed by atoms with E-state index in [0.717, 1.165) is 46.6 Å². The summed E-state index contributed by atoms with van der Waals surface area (Å²) in [6, 6.07) is 6.12. The Balaban J connectivity index is 1.85. The third-order valence-corrected chi connectivity index (χ3v) is 5.03. The highest BCUT2D eigenvalue weighted by atomic mass is 32.1. The van der Waals surface area contributed by atoms with Gasteiger partial charge in [-0.15, -0.1) is 0 Å². The van der Waals surface area contributed by atoms with E-state index < -0.39 is 0 Å². The van der Waals surface area contributed by atoms with Crippen LogP contribution in [0.3, 0.4) is 0 Å². The van der Waals surface area contributed by atoms with Crippen LogP contribution in [-0.2, 0) is 4.79 Å². The van der Waals surface area contributed by atoms with Crippen LogP contribution < -0.4 is 5.32 Å². The van der Waals surface area contributed by atoms with E-state index in [4.69, 9.17) is 0 Å². The van der Waals surface area contributed by atoms with Gasteiger partial charge in [-0.25, -0.2) is 4.98 Å². The average Bonchev–Trinajstić information content (AvgIpc) is 2.97. The maximum Gasteiger partial charge on any atom is 0.232 e. The summed E-state index contributed by atoms with van der Waals surface area (Å²) >= 11 is 1.55. The molecule has 3 rings (SSSR count). The molecule has 1 aliphatic carbocycles. The number of nitrogens with zero attached hydrogens (tertiary/aromatic N) is 1. The van der Waals surface area contributed by atoms with E-state index in [1.165, 1.54) is 0 Å². The predicted octanol–water partition coefficient (Wildman–Crippen LogP) is 4.12. The van der Waals surface area contributed by atoms with Gasteiger partial charge >= 0.3 is 0 Å². The number of hydrogen-bond donors (Lipinski definition) is 1. The summed E-state index contributed by atoms with van der Waals surface area (Å²) in [4.78, 5) is 16.9. The zero-order chi connectivity index (χ0) is 13.5. The monoisotopic (exact) mass is 274 g/mol. The second-order valence-corrected chi connectivity index (χ2v) is 6.69. The number of thiazole rings is 1. The van der Waals surface area contributed by atoms with Crippen molar-refractivity contribution in [2.45, 2.75) is 39.5 Å². The van der Waals surface area contributed by atoms with Gasteiger partial charge in [0.1, 0.15) is 0 Å². The standard InChI is InChI=1S/C15H18N2OS/c1-10-6-5-7-11-12(10)16-14(19-11)17-13(18)15(2)8-3-4-9-15/h5-7H,3-4,8-9H2,1-2H3,(H,16,17,18). The molecule has 1 heterocycles. The number of nitrogens with one attached hydrogen (secondary N) is 1. The lowest BCUT2D eigenvalue weighted by Gasteiger charge is -2.21. The van der Waals surface area contributed by atoms with E-state index in [2.05, 4.69) is 17.2 Å². The number of carbonyl (C=O) groups excluding carboxylic acids is 1. The fourth-order valence-electron chi connectivity index (χ4n) is 2.77. The molecule has 0 bridgehead atoms. The summed E-state index contributed by atoms with van der Waals surface area (Å²) in [5, 5.41) is 3.73. The number of fused-ring (bicyclic) bond motifs is 1. The summed E-state index contributed by atoms with van der Waals surface area (Å²) < 4.78 is 1.13. The van der Waals surface area contributed by atoms with E-state index in [-0.39, 0.29) is 11.3 Å². The quantitative estimate of drug-likeness (QED) is 0.895. The van der Waals surface area contributed by atoms with Crippen molar-refractivity contribution in [3.8, 4) is 0 Å². The van der Waals surface area contributed by atoms with Crippen LogP contribution in [0.1, 0.15) is 38.2 Å².